The van der Waals surface area contributed by atoms with E-state index in [2.05, 4.69) is 25.1 Å². The van der Waals surface area contributed by atoms with Gasteiger partial charge in [0.1, 0.15) is 5.75 Å². The van der Waals surface area contributed by atoms with E-state index in [9.17, 15) is 9.59 Å². The number of fused-ring (bicyclic) bond motifs is 3. The average molecular weight is 470 g/mol. The molecule has 1 aliphatic heterocycles. The van der Waals surface area contributed by atoms with Crippen molar-refractivity contribution in [1.29, 1.82) is 0 Å². The Morgan fingerprint density at radius 2 is 1.74 bits per heavy atom. The van der Waals surface area contributed by atoms with Crippen molar-refractivity contribution in [1.82, 2.24) is 9.80 Å². The third kappa shape index (κ3) is 4.30. The highest BCUT2D eigenvalue weighted by molar-refractivity contribution is 6.01. The number of hydrogen-bond donors (Lipinski definition) is 1. The standard InChI is InChI=1S/C29H31N3O3/c1-31(2)22-9-11-32(12-10-22)29(34)19-7-8-24-21(13-19)17-26-25(24)15-20(16-27(26)28(30)33)18-5-4-6-23(14-18)35-3/h4-8,13-16,22H,9-12,17H2,1-3H3,(H2,30,33). The molecule has 3 aromatic carbocycles. The molecule has 0 radical (unpaired) electrons. The number of hydrogen-bond acceptors (Lipinski definition) is 4. The minimum Gasteiger partial charge on any atom is -0.497 e. The van der Waals surface area contributed by atoms with E-state index in [0.717, 1.165) is 65.1 Å². The first-order chi connectivity index (χ1) is 16.9. The van der Waals surface area contributed by atoms with Gasteiger partial charge in [-0.15, -0.1) is 0 Å². The van der Waals surface area contributed by atoms with Gasteiger partial charge in [-0.2, -0.15) is 0 Å². The van der Waals surface area contributed by atoms with Crippen LogP contribution in [-0.4, -0.2) is 62.0 Å². The first kappa shape index (κ1) is 23.1. The second-order valence-corrected chi connectivity index (χ2v) is 9.68. The first-order valence-electron chi connectivity index (χ1n) is 12.1. The first-order valence-corrected chi connectivity index (χ1v) is 12.1. The summed E-state index contributed by atoms with van der Waals surface area (Å²) < 4.78 is 5.38. The maximum absolute atomic E-state index is 13.3. The fourth-order valence-corrected chi connectivity index (χ4v) is 5.39. The highest BCUT2D eigenvalue weighted by Crippen LogP contribution is 2.42. The van der Waals surface area contributed by atoms with Crippen molar-refractivity contribution >= 4 is 11.8 Å². The Labute approximate surface area is 206 Å². The second-order valence-electron chi connectivity index (χ2n) is 9.68. The number of carbonyl (C=O) groups is 2. The average Bonchev–Trinajstić information content (AvgIpc) is 3.25. The van der Waals surface area contributed by atoms with Crippen LogP contribution in [0.3, 0.4) is 0 Å². The van der Waals surface area contributed by atoms with E-state index in [1.54, 1.807) is 7.11 Å². The topological polar surface area (TPSA) is 75.9 Å². The number of nitrogens with zero attached hydrogens (tertiary/aromatic N) is 2. The van der Waals surface area contributed by atoms with Crippen molar-refractivity contribution in [2.45, 2.75) is 25.3 Å². The molecule has 6 nitrogen and oxygen atoms in total. The molecular formula is C29H31N3O3. The lowest BCUT2D eigenvalue weighted by Gasteiger charge is -2.35. The van der Waals surface area contributed by atoms with Crippen LogP contribution in [-0.2, 0) is 6.42 Å². The van der Waals surface area contributed by atoms with Crippen LogP contribution >= 0.6 is 0 Å². The van der Waals surface area contributed by atoms with Crippen molar-refractivity contribution in [2.75, 3.05) is 34.3 Å². The van der Waals surface area contributed by atoms with Crippen LogP contribution in [0.5, 0.6) is 5.75 Å². The number of methoxy groups -OCH3 is 1. The fraction of sp³-hybridized carbons (Fsp3) is 0.310. The van der Waals surface area contributed by atoms with Crippen LogP contribution in [0.2, 0.25) is 0 Å². The number of likely N-dealkylation sites (tertiary alicyclic amines) is 1. The molecule has 3 aromatic rings. The van der Waals surface area contributed by atoms with Crippen LogP contribution in [0, 0.1) is 0 Å². The van der Waals surface area contributed by atoms with Crippen molar-refractivity contribution in [3.8, 4) is 28.0 Å². The van der Waals surface area contributed by atoms with Gasteiger partial charge in [0.25, 0.3) is 5.91 Å². The van der Waals surface area contributed by atoms with Gasteiger partial charge in [-0.3, -0.25) is 9.59 Å². The van der Waals surface area contributed by atoms with Crippen molar-refractivity contribution in [3.05, 3.63) is 76.9 Å². The van der Waals surface area contributed by atoms with E-state index >= 15 is 0 Å². The van der Waals surface area contributed by atoms with Gasteiger partial charge in [0.2, 0.25) is 5.91 Å². The normalized spacial score (nSPS) is 15.1. The third-order valence-corrected chi connectivity index (χ3v) is 7.41. The van der Waals surface area contributed by atoms with E-state index in [0.29, 0.717) is 23.6 Å². The number of benzene rings is 3. The largest absolute Gasteiger partial charge is 0.497 e. The molecule has 5 rings (SSSR count). The minimum absolute atomic E-state index is 0.0770. The number of amides is 2. The molecule has 6 heteroatoms. The summed E-state index contributed by atoms with van der Waals surface area (Å²) in [5, 5.41) is 0. The Balaban J connectivity index is 1.47. The molecular weight excluding hydrogens is 438 g/mol. The number of carbonyl (C=O) groups excluding carboxylic acids is 2. The molecule has 0 bridgehead atoms. The predicted octanol–water partition coefficient (Wildman–Crippen LogP) is 4.20. The molecule has 0 unspecified atom stereocenters. The van der Waals surface area contributed by atoms with Gasteiger partial charge in [-0.25, -0.2) is 0 Å². The lowest BCUT2D eigenvalue weighted by Crippen LogP contribution is -2.44. The number of primary amides is 1. The summed E-state index contributed by atoms with van der Waals surface area (Å²) in [7, 11) is 5.83. The summed E-state index contributed by atoms with van der Waals surface area (Å²) in [4.78, 5) is 29.9. The Bertz CT molecular complexity index is 1310. The van der Waals surface area contributed by atoms with E-state index < -0.39 is 5.91 Å². The molecule has 2 N–H and O–H groups in total. The van der Waals surface area contributed by atoms with Gasteiger partial charge >= 0.3 is 0 Å². The Morgan fingerprint density at radius 1 is 0.971 bits per heavy atom. The lowest BCUT2D eigenvalue weighted by molar-refractivity contribution is 0.0663. The molecule has 35 heavy (non-hydrogen) atoms. The number of nitrogens with two attached hydrogens (primary N) is 1. The van der Waals surface area contributed by atoms with E-state index in [1.807, 2.05) is 53.4 Å². The fourth-order valence-electron chi connectivity index (χ4n) is 5.39. The molecule has 0 aromatic heterocycles. The van der Waals surface area contributed by atoms with Gasteiger partial charge in [0, 0.05) is 30.3 Å². The van der Waals surface area contributed by atoms with E-state index in [1.165, 1.54) is 0 Å². The molecule has 1 fully saturated rings. The number of ether oxygens (including phenoxy) is 1. The van der Waals surface area contributed by atoms with Crippen molar-refractivity contribution in [2.24, 2.45) is 5.73 Å². The van der Waals surface area contributed by atoms with E-state index in [4.69, 9.17) is 10.5 Å². The van der Waals surface area contributed by atoms with Crippen molar-refractivity contribution < 1.29 is 14.3 Å². The zero-order valence-electron chi connectivity index (χ0n) is 20.5. The van der Waals surface area contributed by atoms with Crippen molar-refractivity contribution in [3.63, 3.8) is 0 Å². The van der Waals surface area contributed by atoms with Gasteiger partial charge in [0.05, 0.1) is 7.11 Å². The van der Waals surface area contributed by atoms with Gasteiger partial charge in [0.15, 0.2) is 0 Å². The third-order valence-electron chi connectivity index (χ3n) is 7.41. The zero-order chi connectivity index (χ0) is 24.7. The monoisotopic (exact) mass is 469 g/mol. The molecule has 1 aliphatic carbocycles. The summed E-state index contributed by atoms with van der Waals surface area (Å²) in [6.07, 6.45) is 2.57. The quantitative estimate of drug-likeness (QED) is 0.475. The Morgan fingerprint density at radius 3 is 2.43 bits per heavy atom. The molecule has 180 valence electrons. The summed E-state index contributed by atoms with van der Waals surface area (Å²) >= 11 is 0. The smallest absolute Gasteiger partial charge is 0.253 e. The SMILES string of the molecule is COc1cccc(-c2cc(C(N)=O)c3c(c2)-c2ccc(C(=O)N4CCC(N(C)C)CC4)cc2C3)c1. The molecule has 0 spiro atoms. The highest BCUT2D eigenvalue weighted by atomic mass is 16.5. The molecule has 2 amide bonds. The highest BCUT2D eigenvalue weighted by Gasteiger charge is 2.28. The molecule has 1 saturated heterocycles. The van der Waals surface area contributed by atoms with Gasteiger partial charge in [-0.1, -0.05) is 18.2 Å². The second kappa shape index (κ2) is 9.19. The van der Waals surface area contributed by atoms with Gasteiger partial charge in [-0.05, 0) is 103 Å². The predicted molar refractivity (Wildman–Crippen MR) is 138 cm³/mol. The minimum atomic E-state index is -0.445. The van der Waals surface area contributed by atoms with Crippen LogP contribution in [0.1, 0.15) is 44.7 Å². The lowest BCUT2D eigenvalue weighted by atomic mass is 9.94. The van der Waals surface area contributed by atoms with Crippen LogP contribution < -0.4 is 10.5 Å². The van der Waals surface area contributed by atoms with Crippen LogP contribution in [0.4, 0.5) is 0 Å². The molecule has 0 saturated carbocycles. The summed E-state index contributed by atoms with van der Waals surface area (Å²) in [6.45, 7) is 1.55. The van der Waals surface area contributed by atoms with Gasteiger partial charge < -0.3 is 20.3 Å². The van der Waals surface area contributed by atoms with Crippen LogP contribution in [0.15, 0.2) is 54.6 Å². The molecule has 2 aliphatic rings. The summed E-state index contributed by atoms with van der Waals surface area (Å²) in [5.41, 5.74) is 12.9. The summed E-state index contributed by atoms with van der Waals surface area (Å²) in [5.74, 6) is 0.383. The molecule has 0 atom stereocenters. The Kier molecular flexibility index (Phi) is 6.07. The van der Waals surface area contributed by atoms with Crippen LogP contribution in [0.25, 0.3) is 22.3 Å². The zero-order valence-corrected chi connectivity index (χ0v) is 20.5. The van der Waals surface area contributed by atoms with E-state index in [-0.39, 0.29) is 5.91 Å². The number of rotatable bonds is 5. The maximum atomic E-state index is 13.3. The Hall–Kier alpha value is -3.64. The number of piperidine rings is 1. The maximum Gasteiger partial charge on any atom is 0.253 e. The molecule has 1 heterocycles. The summed E-state index contributed by atoms with van der Waals surface area (Å²) in [6, 6.07) is 18.2.